The van der Waals surface area contributed by atoms with Crippen LogP contribution in [-0.2, 0) is 5.54 Å². The monoisotopic (exact) mass is 485 g/mol. The lowest BCUT2D eigenvalue weighted by Crippen LogP contribution is -2.46. The molecule has 2 fully saturated rings. The molecule has 1 aliphatic heterocycles. The van der Waals surface area contributed by atoms with E-state index in [0.29, 0.717) is 47.9 Å². The average molecular weight is 486 g/mol. The summed E-state index contributed by atoms with van der Waals surface area (Å²) in [5.41, 5.74) is 1.83. The van der Waals surface area contributed by atoms with Gasteiger partial charge in [-0.25, -0.2) is 0 Å². The molecule has 6 nitrogen and oxygen atoms in total. The van der Waals surface area contributed by atoms with Crippen LogP contribution in [0.1, 0.15) is 40.7 Å². The lowest BCUT2D eigenvalue weighted by Gasteiger charge is -2.27. The number of carbonyl (C=O) groups is 1. The standard InChI is InChI=1S/C26H26F3N3O3/c1-16-4-5-18(34-14-17-6-10-30-17)11-21(16)24(33)32-25(7-8-25)22-12-19(35-15-26(27,28)29)13-23-20(22)3-2-9-31-23/h2-5,9,11-13,17,30H,6-8,10,14-15H2,1H3,(H,32,33). The Morgan fingerprint density at radius 3 is 2.66 bits per heavy atom. The van der Waals surface area contributed by atoms with Crippen molar-refractivity contribution in [3.8, 4) is 11.5 Å². The van der Waals surface area contributed by atoms with Gasteiger partial charge in [0.1, 0.15) is 18.1 Å². The third-order valence-electron chi connectivity index (χ3n) is 6.55. The lowest BCUT2D eigenvalue weighted by molar-refractivity contribution is -0.153. The summed E-state index contributed by atoms with van der Waals surface area (Å²) in [6.45, 7) is 1.99. The zero-order valence-electron chi connectivity index (χ0n) is 19.2. The van der Waals surface area contributed by atoms with E-state index >= 15 is 0 Å². The summed E-state index contributed by atoms with van der Waals surface area (Å²) in [5, 5.41) is 7.18. The van der Waals surface area contributed by atoms with Gasteiger partial charge in [-0.05, 0) is 68.1 Å². The first-order valence-electron chi connectivity index (χ1n) is 11.6. The van der Waals surface area contributed by atoms with Gasteiger partial charge in [0, 0.05) is 29.3 Å². The first-order valence-corrected chi connectivity index (χ1v) is 11.6. The zero-order valence-corrected chi connectivity index (χ0v) is 19.2. The first-order chi connectivity index (χ1) is 16.7. The Hall–Kier alpha value is -3.33. The van der Waals surface area contributed by atoms with Crippen LogP contribution in [0.3, 0.4) is 0 Å². The number of hydrogen-bond acceptors (Lipinski definition) is 5. The summed E-state index contributed by atoms with van der Waals surface area (Å²) >= 11 is 0. The van der Waals surface area contributed by atoms with Crippen molar-refractivity contribution in [3.05, 3.63) is 65.4 Å². The van der Waals surface area contributed by atoms with Crippen LogP contribution in [0.4, 0.5) is 13.2 Å². The molecule has 1 amide bonds. The molecular weight excluding hydrogens is 459 g/mol. The molecule has 35 heavy (non-hydrogen) atoms. The van der Waals surface area contributed by atoms with Crippen LogP contribution in [0.5, 0.6) is 11.5 Å². The van der Waals surface area contributed by atoms with E-state index in [1.54, 1.807) is 24.4 Å². The topological polar surface area (TPSA) is 72.5 Å². The summed E-state index contributed by atoms with van der Waals surface area (Å²) in [4.78, 5) is 17.7. The Labute approximate surface area is 200 Å². The molecule has 1 aromatic heterocycles. The molecule has 0 spiro atoms. The van der Waals surface area contributed by atoms with E-state index in [4.69, 9.17) is 9.47 Å². The second-order valence-corrected chi connectivity index (χ2v) is 9.21. The average Bonchev–Trinajstić information content (AvgIpc) is 3.57. The number of nitrogens with one attached hydrogen (secondary N) is 2. The fourth-order valence-corrected chi connectivity index (χ4v) is 4.30. The molecule has 184 valence electrons. The third-order valence-corrected chi connectivity index (χ3v) is 6.55. The molecular formula is C26H26F3N3O3. The van der Waals surface area contributed by atoms with E-state index in [0.717, 1.165) is 23.9 Å². The van der Waals surface area contributed by atoms with Crippen LogP contribution < -0.4 is 20.1 Å². The molecule has 2 aliphatic rings. The van der Waals surface area contributed by atoms with Gasteiger partial charge in [0.25, 0.3) is 5.91 Å². The first kappa shape index (κ1) is 23.4. The summed E-state index contributed by atoms with van der Waals surface area (Å²) in [6.07, 6.45) is -0.492. The number of benzene rings is 2. The van der Waals surface area contributed by atoms with Gasteiger partial charge >= 0.3 is 6.18 Å². The van der Waals surface area contributed by atoms with Crippen molar-refractivity contribution in [3.63, 3.8) is 0 Å². The van der Waals surface area contributed by atoms with Gasteiger partial charge in [-0.1, -0.05) is 12.1 Å². The summed E-state index contributed by atoms with van der Waals surface area (Å²) in [6, 6.07) is 12.5. The molecule has 9 heteroatoms. The number of alkyl halides is 3. The van der Waals surface area contributed by atoms with E-state index in [1.807, 2.05) is 25.1 Å². The van der Waals surface area contributed by atoms with Gasteiger partial charge in [-0.2, -0.15) is 13.2 Å². The minimum atomic E-state index is -4.45. The lowest BCUT2D eigenvalue weighted by atomic mass is 9.97. The minimum absolute atomic E-state index is 0.0697. The van der Waals surface area contributed by atoms with Crippen LogP contribution in [0.2, 0.25) is 0 Å². The highest BCUT2D eigenvalue weighted by atomic mass is 19.4. The van der Waals surface area contributed by atoms with Gasteiger partial charge < -0.3 is 20.1 Å². The highest BCUT2D eigenvalue weighted by molar-refractivity contribution is 5.97. The van der Waals surface area contributed by atoms with Crippen LogP contribution >= 0.6 is 0 Å². The van der Waals surface area contributed by atoms with Crippen LogP contribution in [-0.4, -0.2) is 42.9 Å². The van der Waals surface area contributed by atoms with E-state index in [-0.39, 0.29) is 11.7 Å². The second-order valence-electron chi connectivity index (χ2n) is 9.21. The molecule has 0 radical (unpaired) electrons. The molecule has 3 aromatic rings. The Kier molecular flexibility index (Phi) is 6.04. The van der Waals surface area contributed by atoms with Gasteiger partial charge in [-0.15, -0.1) is 0 Å². The number of aromatic nitrogens is 1. The predicted molar refractivity (Wildman–Crippen MR) is 125 cm³/mol. The highest BCUT2D eigenvalue weighted by Gasteiger charge is 2.47. The van der Waals surface area contributed by atoms with Crippen LogP contribution in [0.25, 0.3) is 10.9 Å². The van der Waals surface area contributed by atoms with Crippen molar-refractivity contribution in [2.45, 2.75) is 43.9 Å². The van der Waals surface area contributed by atoms with Gasteiger partial charge in [0.15, 0.2) is 6.61 Å². The maximum Gasteiger partial charge on any atom is 0.422 e. The molecule has 1 saturated heterocycles. The molecule has 1 saturated carbocycles. The molecule has 1 aliphatic carbocycles. The third kappa shape index (κ3) is 5.19. The van der Waals surface area contributed by atoms with Gasteiger partial charge in [0.2, 0.25) is 0 Å². The molecule has 1 unspecified atom stereocenters. The molecule has 2 aromatic carbocycles. The number of rotatable bonds is 8. The van der Waals surface area contributed by atoms with Crippen molar-refractivity contribution >= 4 is 16.8 Å². The van der Waals surface area contributed by atoms with E-state index in [1.165, 1.54) is 6.07 Å². The normalized spacial score (nSPS) is 18.6. The van der Waals surface area contributed by atoms with E-state index in [2.05, 4.69) is 15.6 Å². The fraction of sp³-hybridized carbons (Fsp3) is 0.385. The van der Waals surface area contributed by atoms with Crippen LogP contribution in [0.15, 0.2) is 48.7 Å². The quantitative estimate of drug-likeness (QED) is 0.486. The predicted octanol–water partition coefficient (Wildman–Crippen LogP) is 4.64. The number of fused-ring (bicyclic) bond motifs is 1. The molecule has 2 N–H and O–H groups in total. The summed E-state index contributed by atoms with van der Waals surface area (Å²) < 4.78 is 49.1. The number of pyridine rings is 1. The second kappa shape index (κ2) is 9.03. The fourth-order valence-electron chi connectivity index (χ4n) is 4.30. The van der Waals surface area contributed by atoms with E-state index in [9.17, 15) is 18.0 Å². The number of hydrogen-bond donors (Lipinski definition) is 2. The number of nitrogens with zero attached hydrogens (tertiary/aromatic N) is 1. The SMILES string of the molecule is Cc1ccc(OCC2CCN2)cc1C(=O)NC1(c2cc(OCC(F)(F)F)cc3ncccc23)CC1. The molecule has 0 bridgehead atoms. The largest absolute Gasteiger partial charge is 0.492 e. The maximum absolute atomic E-state index is 13.4. The summed E-state index contributed by atoms with van der Waals surface area (Å²) in [7, 11) is 0. The molecule has 1 atom stereocenters. The number of amides is 1. The van der Waals surface area contributed by atoms with Gasteiger partial charge in [-0.3, -0.25) is 9.78 Å². The molecule has 5 rings (SSSR count). The summed E-state index contributed by atoms with van der Waals surface area (Å²) in [5.74, 6) is 0.433. The van der Waals surface area contributed by atoms with Crippen molar-refractivity contribution in [2.24, 2.45) is 0 Å². The van der Waals surface area contributed by atoms with Crippen LogP contribution in [0, 0.1) is 6.92 Å². The Bertz CT molecular complexity index is 1250. The molecule has 2 heterocycles. The minimum Gasteiger partial charge on any atom is -0.492 e. The van der Waals surface area contributed by atoms with Crippen molar-refractivity contribution < 1.29 is 27.4 Å². The maximum atomic E-state index is 13.4. The van der Waals surface area contributed by atoms with Crippen molar-refractivity contribution in [1.29, 1.82) is 0 Å². The number of halogens is 3. The van der Waals surface area contributed by atoms with Gasteiger partial charge in [0.05, 0.1) is 11.1 Å². The number of ether oxygens (including phenoxy) is 2. The Morgan fingerprint density at radius 1 is 1.17 bits per heavy atom. The smallest absolute Gasteiger partial charge is 0.422 e. The zero-order chi connectivity index (χ0) is 24.6. The highest BCUT2D eigenvalue weighted by Crippen LogP contribution is 2.49. The van der Waals surface area contributed by atoms with Crippen molar-refractivity contribution in [1.82, 2.24) is 15.6 Å². The number of aryl methyl sites for hydroxylation is 1. The van der Waals surface area contributed by atoms with Crippen molar-refractivity contribution in [2.75, 3.05) is 19.8 Å². The number of carbonyl (C=O) groups excluding carboxylic acids is 1. The van der Waals surface area contributed by atoms with E-state index < -0.39 is 18.3 Å². The Morgan fingerprint density at radius 2 is 1.97 bits per heavy atom. The Balaban J connectivity index is 1.40.